The van der Waals surface area contributed by atoms with Crippen LogP contribution in [0.2, 0.25) is 0 Å². The summed E-state index contributed by atoms with van der Waals surface area (Å²) in [6.07, 6.45) is 0.505. The summed E-state index contributed by atoms with van der Waals surface area (Å²) in [7, 11) is -8.80. The highest BCUT2D eigenvalue weighted by molar-refractivity contribution is 7.89. The molecule has 44 heavy (non-hydrogen) atoms. The molecule has 238 valence electrons. The number of phenolic OH excluding ortho intramolecular Hbond substituents is 1. The van der Waals surface area contributed by atoms with Crippen LogP contribution in [0.3, 0.4) is 0 Å². The van der Waals surface area contributed by atoms with Gasteiger partial charge in [-0.1, -0.05) is 48.5 Å². The Balaban J connectivity index is 1.66. The Morgan fingerprint density at radius 2 is 1.64 bits per heavy atom. The number of methoxy groups -OCH3 is 1. The molecule has 3 rings (SSSR count). The zero-order valence-corrected chi connectivity index (χ0v) is 25.1. The molecule has 3 aromatic rings. The second kappa shape index (κ2) is 14.7. The minimum Gasteiger partial charge on any atom is -0.507 e. The molecule has 0 radical (unpaired) electrons. The van der Waals surface area contributed by atoms with E-state index in [2.05, 4.69) is 14.8 Å². The van der Waals surface area contributed by atoms with E-state index in [4.69, 9.17) is 14.5 Å². The molecule has 0 spiro atoms. The lowest BCUT2D eigenvalue weighted by Crippen LogP contribution is -2.48. The van der Waals surface area contributed by atoms with Gasteiger partial charge in [-0.05, 0) is 49.1 Å². The second-order valence-electron chi connectivity index (χ2n) is 9.46. The minimum absolute atomic E-state index is 0.100. The van der Waals surface area contributed by atoms with Gasteiger partial charge in [0.25, 0.3) is 0 Å². The number of rotatable bonds is 15. The largest absolute Gasteiger partial charge is 0.507 e. The maximum Gasteiger partial charge on any atom is 0.399 e. The molecule has 0 aromatic heterocycles. The monoisotopic (exact) mass is 656 g/mol. The van der Waals surface area contributed by atoms with Crippen molar-refractivity contribution < 1.29 is 55.7 Å². The zero-order valence-electron chi connectivity index (χ0n) is 23.4. The highest BCUT2D eigenvalue weighted by Gasteiger charge is 2.50. The fraction of sp³-hybridized carbons (Fsp3) is 0.286. The van der Waals surface area contributed by atoms with Crippen LogP contribution >= 0.6 is 7.60 Å². The van der Waals surface area contributed by atoms with Gasteiger partial charge < -0.3 is 29.7 Å². The maximum atomic E-state index is 14.0. The number of carbonyl (C=O) groups excluding carboxylic acids is 2. The minimum atomic E-state index is -5.79. The number of sulfonamides is 1. The summed E-state index contributed by atoms with van der Waals surface area (Å²) >= 11 is 0. The molecule has 5 N–H and O–H groups in total. The van der Waals surface area contributed by atoms with Crippen molar-refractivity contribution in [3.8, 4) is 11.5 Å². The van der Waals surface area contributed by atoms with Gasteiger partial charge in [-0.2, -0.15) is 13.5 Å². The van der Waals surface area contributed by atoms with Gasteiger partial charge in [0.2, 0.25) is 15.9 Å². The highest BCUT2D eigenvalue weighted by atomic mass is 32.2. The first-order valence-corrected chi connectivity index (χ1v) is 16.2. The van der Waals surface area contributed by atoms with Gasteiger partial charge in [-0.3, -0.25) is 9.36 Å². The van der Waals surface area contributed by atoms with E-state index in [1.807, 2.05) is 0 Å². The summed E-state index contributed by atoms with van der Waals surface area (Å²) in [5.41, 5.74) is -5.25. The Bertz CT molecular complexity index is 1600. The van der Waals surface area contributed by atoms with Crippen LogP contribution in [-0.2, 0) is 36.2 Å². The number of unbranched alkanes of at least 4 members (excludes halogenated alkanes) is 1. The number of amides is 1. The number of alkyl halides is 2. The molecule has 12 nitrogen and oxygen atoms in total. The normalized spacial score (nSPS) is 12.8. The number of halogens is 2. The Morgan fingerprint density at radius 1 is 0.977 bits per heavy atom. The molecule has 0 aliphatic heterocycles. The lowest BCUT2D eigenvalue weighted by atomic mass is 10.0. The van der Waals surface area contributed by atoms with Gasteiger partial charge in [-0.25, -0.2) is 13.2 Å². The van der Waals surface area contributed by atoms with Crippen LogP contribution in [-0.4, -0.2) is 61.5 Å². The summed E-state index contributed by atoms with van der Waals surface area (Å²) < 4.78 is 77.8. The molecule has 16 heteroatoms. The van der Waals surface area contributed by atoms with E-state index in [0.717, 1.165) is 31.4 Å². The molecule has 1 amide bonds. The van der Waals surface area contributed by atoms with E-state index in [1.165, 1.54) is 42.5 Å². The van der Waals surface area contributed by atoms with Crippen LogP contribution in [0.5, 0.6) is 11.5 Å². The van der Waals surface area contributed by atoms with E-state index < -0.39 is 46.8 Å². The molecule has 1 atom stereocenters. The molecule has 0 bridgehead atoms. The number of nitrogens with one attached hydrogen (secondary N) is 2. The number of aromatic hydroxyl groups is 1. The summed E-state index contributed by atoms with van der Waals surface area (Å²) in [5.74, 6) is -1.69. The third-order valence-electron chi connectivity index (χ3n) is 6.30. The maximum absolute atomic E-state index is 14.0. The lowest BCUT2D eigenvalue weighted by molar-refractivity contribution is -0.122. The van der Waals surface area contributed by atoms with Gasteiger partial charge in [0.15, 0.2) is 0 Å². The van der Waals surface area contributed by atoms with Crippen LogP contribution in [0.1, 0.15) is 34.3 Å². The van der Waals surface area contributed by atoms with Crippen LogP contribution < -0.4 is 14.8 Å². The van der Waals surface area contributed by atoms with E-state index >= 15 is 0 Å². The summed E-state index contributed by atoms with van der Waals surface area (Å²) in [6, 6.07) is 14.0. The Hall–Kier alpha value is -3.88. The molecular formula is C28H31F2N2O10PS. The van der Waals surface area contributed by atoms with Crippen LogP contribution in [0.25, 0.3) is 0 Å². The average molecular weight is 657 g/mol. The topological polar surface area (TPSA) is 189 Å². The van der Waals surface area contributed by atoms with Crippen molar-refractivity contribution in [2.45, 2.75) is 35.9 Å². The lowest BCUT2D eigenvalue weighted by Gasteiger charge is -2.20. The summed E-state index contributed by atoms with van der Waals surface area (Å²) in [5, 5.41) is 12.6. The van der Waals surface area contributed by atoms with Crippen LogP contribution in [0, 0.1) is 0 Å². The first kappa shape index (κ1) is 34.6. The van der Waals surface area contributed by atoms with Gasteiger partial charge in [0, 0.05) is 12.1 Å². The van der Waals surface area contributed by atoms with Crippen molar-refractivity contribution >= 4 is 29.5 Å². The molecule has 0 aliphatic carbocycles. The summed E-state index contributed by atoms with van der Waals surface area (Å²) in [6.45, 7) is 0.210. The van der Waals surface area contributed by atoms with E-state index in [-0.39, 0.29) is 47.1 Å². The number of hydrogen-bond acceptors (Lipinski definition) is 8. The third kappa shape index (κ3) is 8.83. The van der Waals surface area contributed by atoms with Crippen molar-refractivity contribution in [3.05, 3.63) is 89.5 Å². The smallest absolute Gasteiger partial charge is 0.399 e. The first-order valence-electron chi connectivity index (χ1n) is 13.1. The van der Waals surface area contributed by atoms with Crippen molar-refractivity contribution in [1.29, 1.82) is 0 Å². The zero-order chi connectivity index (χ0) is 32.5. The van der Waals surface area contributed by atoms with Crippen molar-refractivity contribution in [1.82, 2.24) is 10.0 Å². The summed E-state index contributed by atoms with van der Waals surface area (Å²) in [4.78, 5) is 42.8. The van der Waals surface area contributed by atoms with E-state index in [9.17, 15) is 36.5 Å². The van der Waals surface area contributed by atoms with Crippen LogP contribution in [0.15, 0.2) is 77.7 Å². The molecule has 0 saturated carbocycles. The van der Waals surface area contributed by atoms with E-state index in [1.54, 1.807) is 6.07 Å². The molecular weight excluding hydrogens is 625 g/mol. The number of carbonyl (C=O) groups is 2. The Labute approximate surface area is 252 Å². The van der Waals surface area contributed by atoms with Gasteiger partial charge in [0.05, 0.1) is 18.6 Å². The molecule has 0 aliphatic rings. The third-order valence-corrected chi connectivity index (χ3v) is 8.77. The number of benzene rings is 3. The molecule has 0 fully saturated rings. The second-order valence-corrected chi connectivity index (χ2v) is 12.8. The number of ether oxygens (including phenoxy) is 2. The fourth-order valence-electron chi connectivity index (χ4n) is 3.98. The average Bonchev–Trinajstić information content (AvgIpc) is 2.98. The van der Waals surface area contributed by atoms with Gasteiger partial charge in [-0.15, -0.1) is 0 Å². The molecule has 0 heterocycles. The number of phenols is 1. The van der Waals surface area contributed by atoms with E-state index in [0.29, 0.717) is 12.8 Å². The standard InChI is InChI=1S/C28H31F2N2O10PS/c1-41-27(35)25-23(33)10-7-11-24(25)42-17-6-5-16-31-26(34)22(32-44(39,40)21-8-3-2-4-9-21)18-19-12-14-20(15-13-19)28(29,30)43(36,37)38/h2-4,7-15,22,32-33H,5-6,16-18H2,1H3,(H,31,34)(H2,36,37,38)/t22-/m0/s1. The van der Waals surface area contributed by atoms with Crippen LogP contribution in [0.4, 0.5) is 8.78 Å². The molecule has 3 aromatic carbocycles. The molecule has 0 saturated heterocycles. The Kier molecular flexibility index (Phi) is 11.6. The van der Waals surface area contributed by atoms with Gasteiger partial charge >= 0.3 is 19.2 Å². The fourth-order valence-corrected chi connectivity index (χ4v) is 5.68. The predicted molar refractivity (Wildman–Crippen MR) is 154 cm³/mol. The highest BCUT2D eigenvalue weighted by Crippen LogP contribution is 2.59. The quantitative estimate of drug-likeness (QED) is 0.0923. The number of esters is 1. The van der Waals surface area contributed by atoms with Crippen molar-refractivity contribution in [2.75, 3.05) is 20.3 Å². The van der Waals surface area contributed by atoms with Crippen molar-refractivity contribution in [3.63, 3.8) is 0 Å². The first-order chi connectivity index (χ1) is 20.7. The molecule has 0 unspecified atom stereocenters. The van der Waals surface area contributed by atoms with Gasteiger partial charge in [0.1, 0.15) is 23.1 Å². The predicted octanol–water partition coefficient (Wildman–Crippen LogP) is 3.27. The Morgan fingerprint density at radius 3 is 2.25 bits per heavy atom. The van der Waals surface area contributed by atoms with Crippen molar-refractivity contribution in [2.24, 2.45) is 0 Å². The number of hydrogen-bond donors (Lipinski definition) is 5. The SMILES string of the molecule is COC(=O)c1c(O)cccc1OCCCCNC(=O)[C@H](Cc1ccc(C(F)(F)P(=O)(O)O)cc1)NS(=O)(=O)c1ccccc1.